The number of nitrogens with zero attached hydrogens (tertiary/aromatic N) is 2. The molecule has 0 aliphatic carbocycles. The Morgan fingerprint density at radius 2 is 1.54 bits per heavy atom. The Hall–Kier alpha value is -3.11. The van der Waals surface area contributed by atoms with Crippen LogP contribution in [0.4, 0.5) is 21.5 Å². The molecule has 1 heterocycles. The average Bonchev–Trinajstić information content (AvgIpc) is 3.13. The molecule has 0 amide bonds. The summed E-state index contributed by atoms with van der Waals surface area (Å²) in [5.41, 5.74) is 1.72. The van der Waals surface area contributed by atoms with Crippen LogP contribution in [-0.4, -0.2) is 35.9 Å². The van der Waals surface area contributed by atoms with Gasteiger partial charge in [0.05, 0.1) is 29.6 Å². The van der Waals surface area contributed by atoms with E-state index in [2.05, 4.69) is 5.32 Å². The second-order valence-corrected chi connectivity index (χ2v) is 6.04. The zero-order chi connectivity index (χ0) is 20.7. The number of hydrogen-bond acceptors (Lipinski definition) is 7. The summed E-state index contributed by atoms with van der Waals surface area (Å²) in [5, 5.41) is 23.9. The normalized spacial score (nSPS) is 13.5. The van der Waals surface area contributed by atoms with E-state index in [9.17, 15) is 24.6 Å². The summed E-state index contributed by atoms with van der Waals surface area (Å²) in [6.45, 7) is 5.11. The Kier molecular flexibility index (Phi) is 7.36. The van der Waals surface area contributed by atoms with Gasteiger partial charge in [0.1, 0.15) is 5.69 Å². The largest absolute Gasteiger partial charge is 0.374 e. The molecule has 10 heteroatoms. The monoisotopic (exact) mass is 393 g/mol. The van der Waals surface area contributed by atoms with Crippen LogP contribution < -0.4 is 5.32 Å². The summed E-state index contributed by atoms with van der Waals surface area (Å²) in [6.07, 6.45) is -0.324. The molecule has 1 aliphatic rings. The number of nitro benzene ring substituents is 2. The van der Waals surface area contributed by atoms with Crippen LogP contribution in [0, 0.1) is 39.9 Å². The number of rotatable bonds is 5. The minimum atomic E-state index is -0.782. The smallest absolute Gasteiger partial charge is 0.304 e. The van der Waals surface area contributed by atoms with Crippen molar-refractivity contribution in [2.24, 2.45) is 0 Å². The summed E-state index contributed by atoms with van der Waals surface area (Å²) < 4.78 is 23.2. The number of nitrogens with one attached hydrogen (secondary N) is 1. The fourth-order valence-electron chi connectivity index (χ4n) is 2.43. The molecule has 28 heavy (non-hydrogen) atoms. The maximum absolute atomic E-state index is 12.7. The molecule has 1 saturated heterocycles. The highest BCUT2D eigenvalue weighted by Crippen LogP contribution is 2.25. The highest BCUT2D eigenvalue weighted by Gasteiger charge is 2.18. The number of aryl methyl sites for hydroxylation is 2. The molecule has 0 unspecified atom stereocenters. The Labute approximate surface area is 160 Å². The van der Waals surface area contributed by atoms with E-state index in [1.165, 1.54) is 12.1 Å². The molecule has 0 saturated carbocycles. The molecular weight excluding hydrogens is 373 g/mol. The number of halogens is 1. The van der Waals surface area contributed by atoms with E-state index in [1.807, 2.05) is 6.92 Å². The molecule has 3 rings (SSSR count). The standard InChI is InChI=1S/C11H14N2O4.C7H6FNO2/c1-8-2-3-10(13(14)15)9(6-8)12-7-11-16-4-5-17-11;1-5-2-3-7(9(10)11)6(8)4-5/h2-3,6,11-12H,4-5,7H2,1H3;2-4H,1H3. The van der Waals surface area contributed by atoms with Gasteiger partial charge < -0.3 is 14.8 Å². The van der Waals surface area contributed by atoms with Crippen molar-refractivity contribution in [2.45, 2.75) is 20.1 Å². The third kappa shape index (κ3) is 5.96. The molecule has 0 spiro atoms. The predicted octanol–water partition coefficient (Wildman–Crippen LogP) is 3.73. The van der Waals surface area contributed by atoms with Crippen LogP contribution in [0.25, 0.3) is 0 Å². The lowest BCUT2D eigenvalue weighted by molar-refractivity contribution is -0.387. The molecule has 2 aromatic carbocycles. The van der Waals surface area contributed by atoms with Gasteiger partial charge in [0.2, 0.25) is 5.82 Å². The van der Waals surface area contributed by atoms with Gasteiger partial charge in [0.15, 0.2) is 6.29 Å². The Balaban J connectivity index is 0.000000221. The second-order valence-electron chi connectivity index (χ2n) is 6.04. The third-order valence-electron chi connectivity index (χ3n) is 3.80. The van der Waals surface area contributed by atoms with Crippen LogP contribution in [0.1, 0.15) is 11.1 Å². The van der Waals surface area contributed by atoms with Crippen LogP contribution >= 0.6 is 0 Å². The number of nitro groups is 2. The van der Waals surface area contributed by atoms with Crippen molar-refractivity contribution in [2.75, 3.05) is 25.1 Å². The maximum atomic E-state index is 12.7. The van der Waals surface area contributed by atoms with E-state index >= 15 is 0 Å². The molecule has 9 nitrogen and oxygen atoms in total. The molecule has 150 valence electrons. The number of anilines is 1. The molecule has 2 aromatic rings. The molecule has 0 radical (unpaired) electrons. The zero-order valence-electron chi connectivity index (χ0n) is 15.4. The van der Waals surface area contributed by atoms with Gasteiger partial charge in [-0.1, -0.05) is 12.1 Å². The first-order chi connectivity index (χ1) is 13.3. The first-order valence-corrected chi connectivity index (χ1v) is 8.40. The summed E-state index contributed by atoms with van der Waals surface area (Å²) in [4.78, 5) is 19.8. The van der Waals surface area contributed by atoms with Crippen molar-refractivity contribution in [1.29, 1.82) is 0 Å². The first kappa shape index (κ1) is 21.2. The van der Waals surface area contributed by atoms with Crippen LogP contribution in [0.15, 0.2) is 36.4 Å². The highest BCUT2D eigenvalue weighted by molar-refractivity contribution is 5.62. The lowest BCUT2D eigenvalue weighted by Crippen LogP contribution is -2.20. The average molecular weight is 393 g/mol. The van der Waals surface area contributed by atoms with Gasteiger partial charge in [0, 0.05) is 12.1 Å². The van der Waals surface area contributed by atoms with E-state index in [1.54, 1.807) is 19.1 Å². The van der Waals surface area contributed by atoms with Crippen LogP contribution in [0.3, 0.4) is 0 Å². The lowest BCUT2D eigenvalue weighted by atomic mass is 10.2. The van der Waals surface area contributed by atoms with E-state index in [0.29, 0.717) is 31.0 Å². The fourth-order valence-corrected chi connectivity index (χ4v) is 2.43. The first-order valence-electron chi connectivity index (χ1n) is 8.40. The lowest BCUT2D eigenvalue weighted by Gasteiger charge is -2.12. The summed E-state index contributed by atoms with van der Waals surface area (Å²) >= 11 is 0. The number of ether oxygens (including phenoxy) is 2. The second kappa shape index (κ2) is 9.72. The van der Waals surface area contributed by atoms with Gasteiger partial charge in [-0.15, -0.1) is 0 Å². The van der Waals surface area contributed by atoms with Crippen molar-refractivity contribution < 1.29 is 23.7 Å². The Morgan fingerprint density at radius 3 is 2.07 bits per heavy atom. The molecule has 1 fully saturated rings. The molecule has 0 atom stereocenters. The number of hydrogen-bond donors (Lipinski definition) is 1. The molecule has 1 N–H and O–H groups in total. The summed E-state index contributed by atoms with van der Waals surface area (Å²) in [6, 6.07) is 8.75. The van der Waals surface area contributed by atoms with E-state index < -0.39 is 21.4 Å². The van der Waals surface area contributed by atoms with E-state index in [0.717, 1.165) is 17.7 Å². The van der Waals surface area contributed by atoms with E-state index in [4.69, 9.17) is 9.47 Å². The van der Waals surface area contributed by atoms with Gasteiger partial charge in [-0.25, -0.2) is 0 Å². The fraction of sp³-hybridized carbons (Fsp3) is 0.333. The van der Waals surface area contributed by atoms with Gasteiger partial charge in [-0.2, -0.15) is 4.39 Å². The van der Waals surface area contributed by atoms with E-state index in [-0.39, 0.29) is 12.0 Å². The van der Waals surface area contributed by atoms with Crippen molar-refractivity contribution in [3.8, 4) is 0 Å². The van der Waals surface area contributed by atoms with Crippen LogP contribution in [0.2, 0.25) is 0 Å². The van der Waals surface area contributed by atoms with Crippen molar-refractivity contribution in [3.63, 3.8) is 0 Å². The Bertz CT molecular complexity index is 855. The van der Waals surface area contributed by atoms with Gasteiger partial charge in [-0.3, -0.25) is 20.2 Å². The predicted molar refractivity (Wildman–Crippen MR) is 99.8 cm³/mol. The molecular formula is C18H20FN3O6. The minimum absolute atomic E-state index is 0.0635. The van der Waals surface area contributed by atoms with Crippen molar-refractivity contribution in [1.82, 2.24) is 0 Å². The molecule has 0 aromatic heterocycles. The maximum Gasteiger partial charge on any atom is 0.304 e. The zero-order valence-corrected chi connectivity index (χ0v) is 15.4. The van der Waals surface area contributed by atoms with Crippen LogP contribution in [0.5, 0.6) is 0 Å². The van der Waals surface area contributed by atoms with Gasteiger partial charge >= 0.3 is 5.69 Å². The third-order valence-corrected chi connectivity index (χ3v) is 3.80. The van der Waals surface area contributed by atoms with Gasteiger partial charge in [-0.05, 0) is 37.1 Å². The SMILES string of the molecule is Cc1ccc([N+](=O)[O-])c(F)c1.Cc1ccc([N+](=O)[O-])c(NCC2OCCO2)c1. The highest BCUT2D eigenvalue weighted by atomic mass is 19.1. The number of benzene rings is 2. The van der Waals surface area contributed by atoms with Crippen molar-refractivity contribution in [3.05, 3.63) is 73.6 Å². The summed E-state index contributed by atoms with van der Waals surface area (Å²) in [5.74, 6) is -0.782. The summed E-state index contributed by atoms with van der Waals surface area (Å²) in [7, 11) is 0. The Morgan fingerprint density at radius 1 is 1.00 bits per heavy atom. The van der Waals surface area contributed by atoms with Crippen LogP contribution in [-0.2, 0) is 9.47 Å². The van der Waals surface area contributed by atoms with Crippen molar-refractivity contribution >= 4 is 17.1 Å². The molecule has 1 aliphatic heterocycles. The topological polar surface area (TPSA) is 117 Å². The quantitative estimate of drug-likeness (QED) is 0.607. The van der Waals surface area contributed by atoms with Gasteiger partial charge in [0.25, 0.3) is 5.69 Å². The molecule has 0 bridgehead atoms. The minimum Gasteiger partial charge on any atom is -0.374 e.